The number of hydrogen-bond acceptors (Lipinski definition) is 6. The minimum Gasteiger partial charge on any atom is -0.550 e. The summed E-state index contributed by atoms with van der Waals surface area (Å²) >= 11 is 0. The molecule has 0 spiro atoms. The maximum absolute atomic E-state index is 10.0. The third-order valence-electron chi connectivity index (χ3n) is 3.45. The predicted molar refractivity (Wildman–Crippen MR) is 105 cm³/mol. The van der Waals surface area contributed by atoms with Crippen molar-refractivity contribution in [2.24, 2.45) is 0 Å². The van der Waals surface area contributed by atoms with Crippen LogP contribution in [0.25, 0.3) is 12.2 Å². The Balaban J connectivity index is 0.000000311. The summed E-state index contributed by atoms with van der Waals surface area (Å²) < 4.78 is 0.550. The van der Waals surface area contributed by atoms with Crippen LogP contribution in [0.4, 0.5) is 0 Å². The summed E-state index contributed by atoms with van der Waals surface area (Å²) in [5, 5.41) is 46.9. The smallest absolute Gasteiger partial charge is 0.119 e. The molecule has 0 amide bonds. The van der Waals surface area contributed by atoms with Crippen molar-refractivity contribution in [2.75, 3.05) is 27.7 Å². The Morgan fingerprint density at radius 1 is 0.929 bits per heavy atom. The summed E-state index contributed by atoms with van der Waals surface area (Å²) in [4.78, 5) is 10.0. The van der Waals surface area contributed by atoms with Gasteiger partial charge < -0.3 is 34.8 Å². The second-order valence-electron chi connectivity index (χ2n) is 7.41. The van der Waals surface area contributed by atoms with Crippen LogP contribution < -0.4 is 5.11 Å². The molecule has 0 saturated heterocycles. The number of quaternary nitrogens is 1. The van der Waals surface area contributed by atoms with E-state index in [1.54, 1.807) is 42.5 Å². The lowest BCUT2D eigenvalue weighted by atomic mass is 10.1. The van der Waals surface area contributed by atoms with Crippen LogP contribution >= 0.6 is 0 Å². The Labute approximate surface area is 164 Å². The standard InChI is InChI=1S/C14H12O3.C7H15NO3/c15-12-5-3-10(4-6-12)1-2-11-7-13(16)9-14(17)8-11;1-8(2,3)5-6(9)4-7(10)11/h1-9,15-17H;6,9H,4-5H2,1-3H3/b2-1+;/t;6-/m.1/s1. The zero-order chi connectivity index (χ0) is 21.3. The van der Waals surface area contributed by atoms with Crippen molar-refractivity contribution in [1.29, 1.82) is 0 Å². The fraction of sp³-hybridized carbons (Fsp3) is 0.286. The average Bonchev–Trinajstić information content (AvgIpc) is 2.51. The summed E-state index contributed by atoms with van der Waals surface area (Å²) in [5.74, 6) is -0.936. The van der Waals surface area contributed by atoms with Gasteiger partial charge in [-0.3, -0.25) is 0 Å². The van der Waals surface area contributed by atoms with Crippen LogP contribution in [-0.2, 0) is 4.79 Å². The van der Waals surface area contributed by atoms with Gasteiger partial charge in [-0.1, -0.05) is 24.3 Å². The van der Waals surface area contributed by atoms with E-state index >= 15 is 0 Å². The highest BCUT2D eigenvalue weighted by atomic mass is 16.4. The molecule has 0 saturated carbocycles. The maximum atomic E-state index is 10.0. The van der Waals surface area contributed by atoms with E-state index in [9.17, 15) is 20.1 Å². The van der Waals surface area contributed by atoms with Crippen LogP contribution in [-0.4, -0.2) is 64.7 Å². The van der Waals surface area contributed by atoms with E-state index in [-0.39, 0.29) is 23.7 Å². The Morgan fingerprint density at radius 3 is 1.89 bits per heavy atom. The zero-order valence-corrected chi connectivity index (χ0v) is 16.2. The van der Waals surface area contributed by atoms with Gasteiger partial charge in [0.2, 0.25) is 0 Å². The number of carboxylic acid groups (broad SMARTS) is 1. The fourth-order valence-electron chi connectivity index (χ4n) is 2.38. The van der Waals surface area contributed by atoms with Crippen LogP contribution in [0.5, 0.6) is 17.2 Å². The Hall–Kier alpha value is -3.03. The molecule has 0 aliphatic carbocycles. The molecule has 152 valence electrons. The molecular weight excluding hydrogens is 362 g/mol. The Morgan fingerprint density at radius 2 is 1.43 bits per heavy atom. The van der Waals surface area contributed by atoms with Crippen molar-refractivity contribution < 1.29 is 34.8 Å². The monoisotopic (exact) mass is 389 g/mol. The lowest BCUT2D eigenvalue weighted by Gasteiger charge is -2.26. The highest BCUT2D eigenvalue weighted by Crippen LogP contribution is 2.22. The molecule has 28 heavy (non-hydrogen) atoms. The second-order valence-corrected chi connectivity index (χ2v) is 7.41. The third-order valence-corrected chi connectivity index (χ3v) is 3.45. The molecule has 2 rings (SSSR count). The minimum atomic E-state index is -1.20. The van der Waals surface area contributed by atoms with E-state index in [4.69, 9.17) is 10.2 Å². The van der Waals surface area contributed by atoms with E-state index in [1.807, 2.05) is 27.2 Å². The molecule has 0 aliphatic rings. The number of aliphatic hydroxyl groups is 1. The van der Waals surface area contributed by atoms with E-state index in [0.717, 1.165) is 5.56 Å². The maximum Gasteiger partial charge on any atom is 0.119 e. The van der Waals surface area contributed by atoms with Gasteiger partial charge >= 0.3 is 0 Å². The predicted octanol–water partition coefficient (Wildman–Crippen LogP) is 1.17. The van der Waals surface area contributed by atoms with Gasteiger partial charge in [0.15, 0.2) is 0 Å². The van der Waals surface area contributed by atoms with Crippen molar-refractivity contribution in [3.63, 3.8) is 0 Å². The summed E-state index contributed by atoms with van der Waals surface area (Å²) in [7, 11) is 5.66. The highest BCUT2D eigenvalue weighted by Gasteiger charge is 2.14. The molecule has 2 aromatic rings. The van der Waals surface area contributed by atoms with Gasteiger partial charge in [-0.05, 0) is 35.4 Å². The number of phenolic OH excluding ortho intramolecular Hbond substituents is 3. The lowest BCUT2D eigenvalue weighted by Crippen LogP contribution is -2.43. The van der Waals surface area contributed by atoms with E-state index in [2.05, 4.69) is 0 Å². The number of benzene rings is 2. The molecule has 4 N–H and O–H groups in total. The molecule has 7 heteroatoms. The number of aliphatic hydroxyl groups excluding tert-OH is 1. The second kappa shape index (κ2) is 10.3. The number of aromatic hydroxyl groups is 3. The average molecular weight is 389 g/mol. The molecule has 0 heterocycles. The number of aliphatic carboxylic acids is 1. The summed E-state index contributed by atoms with van der Waals surface area (Å²) in [6, 6.07) is 11.1. The number of carboxylic acids is 1. The number of hydrogen-bond donors (Lipinski definition) is 4. The van der Waals surface area contributed by atoms with Gasteiger partial charge in [0.1, 0.15) is 29.9 Å². The molecule has 0 bridgehead atoms. The van der Waals surface area contributed by atoms with Crippen LogP contribution in [0.1, 0.15) is 17.5 Å². The summed E-state index contributed by atoms with van der Waals surface area (Å²) in [6.07, 6.45) is 2.51. The van der Waals surface area contributed by atoms with Crippen LogP contribution in [0.3, 0.4) is 0 Å². The van der Waals surface area contributed by atoms with Gasteiger partial charge in [0.05, 0.1) is 21.1 Å². The van der Waals surface area contributed by atoms with Gasteiger partial charge in [0.25, 0.3) is 0 Å². The quantitative estimate of drug-likeness (QED) is 0.435. The van der Waals surface area contributed by atoms with Crippen LogP contribution in [0, 0.1) is 0 Å². The minimum absolute atomic E-state index is 0.0235. The first-order valence-corrected chi connectivity index (χ1v) is 8.63. The van der Waals surface area contributed by atoms with Crippen molar-refractivity contribution in [1.82, 2.24) is 0 Å². The van der Waals surface area contributed by atoms with Gasteiger partial charge in [-0.2, -0.15) is 0 Å². The molecule has 7 nitrogen and oxygen atoms in total. The lowest BCUT2D eigenvalue weighted by molar-refractivity contribution is -0.873. The molecule has 0 aliphatic heterocycles. The molecule has 0 aromatic heterocycles. The first-order valence-electron chi connectivity index (χ1n) is 8.63. The van der Waals surface area contributed by atoms with Gasteiger partial charge in [0, 0.05) is 18.5 Å². The van der Waals surface area contributed by atoms with E-state index in [0.29, 0.717) is 16.6 Å². The molecule has 0 radical (unpaired) electrons. The molecule has 0 unspecified atom stereocenters. The first kappa shape index (κ1) is 23.0. The molecule has 1 atom stereocenters. The first-order chi connectivity index (χ1) is 12.9. The Kier molecular flexibility index (Phi) is 8.50. The van der Waals surface area contributed by atoms with E-state index in [1.165, 1.54) is 6.07 Å². The normalized spacial score (nSPS) is 12.3. The van der Waals surface area contributed by atoms with Crippen LogP contribution in [0.15, 0.2) is 42.5 Å². The highest BCUT2D eigenvalue weighted by molar-refractivity contribution is 5.71. The van der Waals surface area contributed by atoms with Gasteiger partial charge in [-0.15, -0.1) is 0 Å². The SMILES string of the molecule is C[N+](C)(C)C[C@H](O)CC(=O)[O-].Oc1ccc(/C=C/c2cc(O)cc(O)c2)cc1. The molecular formula is C21H27NO6. The number of rotatable bonds is 6. The number of carbonyl (C=O) groups excluding carboxylic acids is 1. The molecule has 2 aromatic carbocycles. The number of nitrogens with zero attached hydrogens (tertiary/aromatic N) is 1. The fourth-order valence-corrected chi connectivity index (χ4v) is 2.38. The Bertz CT molecular complexity index is 773. The zero-order valence-electron chi connectivity index (χ0n) is 16.2. The number of likely N-dealkylation sites (N-methyl/N-ethyl adjacent to an activating group) is 1. The largest absolute Gasteiger partial charge is 0.550 e. The number of phenols is 3. The van der Waals surface area contributed by atoms with Crippen LogP contribution in [0.2, 0.25) is 0 Å². The van der Waals surface area contributed by atoms with Crippen molar-refractivity contribution in [3.8, 4) is 17.2 Å². The van der Waals surface area contributed by atoms with E-state index < -0.39 is 12.1 Å². The molecule has 0 fully saturated rings. The third kappa shape index (κ3) is 10.2. The van der Waals surface area contributed by atoms with Crippen molar-refractivity contribution >= 4 is 18.1 Å². The number of carbonyl (C=O) groups is 1. The van der Waals surface area contributed by atoms with Crippen molar-refractivity contribution in [3.05, 3.63) is 53.6 Å². The summed E-state index contributed by atoms with van der Waals surface area (Å²) in [6.45, 7) is 0.425. The summed E-state index contributed by atoms with van der Waals surface area (Å²) in [5.41, 5.74) is 1.63. The topological polar surface area (TPSA) is 121 Å². The van der Waals surface area contributed by atoms with Gasteiger partial charge in [-0.25, -0.2) is 0 Å². The van der Waals surface area contributed by atoms with Crippen molar-refractivity contribution in [2.45, 2.75) is 12.5 Å².